The van der Waals surface area contributed by atoms with Crippen LogP contribution in [-0.4, -0.2) is 49.5 Å². The van der Waals surface area contributed by atoms with Gasteiger partial charge in [0.15, 0.2) is 9.84 Å². The largest absolute Gasteiger partial charge is 0.368 e. The number of sulfone groups is 1. The second kappa shape index (κ2) is 6.43. The molecule has 3 N–H and O–H groups in total. The summed E-state index contributed by atoms with van der Waals surface area (Å²) < 4.78 is 36.0. The second-order valence-corrected chi connectivity index (χ2v) is 8.29. The molecule has 10 heteroatoms. The lowest BCUT2D eigenvalue weighted by Gasteiger charge is -2.20. The Kier molecular flexibility index (Phi) is 4.46. The van der Waals surface area contributed by atoms with Crippen LogP contribution in [0.5, 0.6) is 0 Å². The maximum atomic E-state index is 13.1. The quantitative estimate of drug-likeness (QED) is 0.745. The average molecular weight is 368 g/mol. The summed E-state index contributed by atoms with van der Waals surface area (Å²) in [7, 11) is -3.12. The SMILES string of the molecule is NC(=O)[C@H]1CC(C(=O)N[C@@H]2CCS(=O)(=O)C2)=NN1c1ccc(F)cc1. The third-order valence-corrected chi connectivity index (χ3v) is 5.93. The van der Waals surface area contributed by atoms with E-state index in [0.29, 0.717) is 12.1 Å². The second-order valence-electron chi connectivity index (χ2n) is 6.06. The van der Waals surface area contributed by atoms with Crippen molar-refractivity contribution in [2.75, 3.05) is 16.5 Å². The number of primary amides is 1. The topological polar surface area (TPSA) is 122 Å². The average Bonchev–Trinajstić information content (AvgIpc) is 3.12. The van der Waals surface area contributed by atoms with Crippen LogP contribution in [0.1, 0.15) is 12.8 Å². The number of amides is 2. The van der Waals surface area contributed by atoms with E-state index in [0.717, 1.165) is 0 Å². The maximum Gasteiger partial charge on any atom is 0.267 e. The zero-order chi connectivity index (χ0) is 18.2. The summed E-state index contributed by atoms with van der Waals surface area (Å²) in [5, 5.41) is 8.04. The molecule has 0 bridgehead atoms. The number of hydrogen-bond acceptors (Lipinski definition) is 6. The number of nitrogens with zero attached hydrogens (tertiary/aromatic N) is 2. The van der Waals surface area contributed by atoms with Gasteiger partial charge >= 0.3 is 0 Å². The van der Waals surface area contributed by atoms with Crippen molar-refractivity contribution in [3.63, 3.8) is 0 Å². The van der Waals surface area contributed by atoms with E-state index in [1.165, 1.54) is 29.3 Å². The highest BCUT2D eigenvalue weighted by atomic mass is 32.2. The van der Waals surface area contributed by atoms with Gasteiger partial charge in [-0.2, -0.15) is 5.10 Å². The number of benzene rings is 1. The third-order valence-electron chi connectivity index (χ3n) is 4.16. The van der Waals surface area contributed by atoms with E-state index in [1.54, 1.807) is 0 Å². The van der Waals surface area contributed by atoms with E-state index in [9.17, 15) is 22.4 Å². The number of carbonyl (C=O) groups excluding carboxylic acids is 2. The van der Waals surface area contributed by atoms with Crippen LogP contribution in [0.3, 0.4) is 0 Å². The molecule has 1 aromatic rings. The summed E-state index contributed by atoms with van der Waals surface area (Å²) in [5.41, 5.74) is 5.89. The van der Waals surface area contributed by atoms with Crippen LogP contribution in [0.4, 0.5) is 10.1 Å². The van der Waals surface area contributed by atoms with Crippen molar-refractivity contribution in [1.82, 2.24) is 5.32 Å². The predicted molar refractivity (Wildman–Crippen MR) is 89.1 cm³/mol. The number of hydrazone groups is 1. The standard InChI is InChI=1S/C15H17FN4O4S/c16-9-1-3-11(4-2-9)20-13(14(17)21)7-12(19-20)15(22)18-10-5-6-25(23,24)8-10/h1-4,10,13H,5-8H2,(H2,17,21)(H,18,22)/t10-,13-/m1/s1. The zero-order valence-corrected chi connectivity index (χ0v) is 14.0. The maximum absolute atomic E-state index is 13.1. The Labute approximate surface area is 143 Å². The van der Waals surface area contributed by atoms with Gasteiger partial charge in [-0.05, 0) is 30.7 Å². The molecule has 0 aliphatic carbocycles. The Morgan fingerprint density at radius 2 is 1.96 bits per heavy atom. The highest BCUT2D eigenvalue weighted by Gasteiger charge is 2.36. The van der Waals surface area contributed by atoms with Crippen molar-refractivity contribution in [3.8, 4) is 0 Å². The molecule has 0 aromatic heterocycles. The monoisotopic (exact) mass is 368 g/mol. The molecule has 134 valence electrons. The molecule has 0 unspecified atom stereocenters. The molecular weight excluding hydrogens is 351 g/mol. The predicted octanol–water partition coefficient (Wildman–Crippen LogP) is -0.451. The Balaban J connectivity index is 1.77. The van der Waals surface area contributed by atoms with Gasteiger partial charge in [0.05, 0.1) is 17.2 Å². The van der Waals surface area contributed by atoms with Gasteiger partial charge in [0.1, 0.15) is 17.6 Å². The molecule has 25 heavy (non-hydrogen) atoms. The van der Waals surface area contributed by atoms with E-state index >= 15 is 0 Å². The van der Waals surface area contributed by atoms with E-state index in [4.69, 9.17) is 5.73 Å². The fraction of sp³-hybridized carbons (Fsp3) is 0.400. The number of halogens is 1. The van der Waals surface area contributed by atoms with E-state index in [2.05, 4.69) is 10.4 Å². The van der Waals surface area contributed by atoms with Crippen LogP contribution >= 0.6 is 0 Å². The highest BCUT2D eigenvalue weighted by molar-refractivity contribution is 7.91. The summed E-state index contributed by atoms with van der Waals surface area (Å²) in [6.07, 6.45) is 0.348. The first-order valence-corrected chi connectivity index (χ1v) is 9.50. The molecule has 0 radical (unpaired) electrons. The summed E-state index contributed by atoms with van der Waals surface area (Å²) in [6, 6.07) is 3.96. The summed E-state index contributed by atoms with van der Waals surface area (Å²) >= 11 is 0. The summed E-state index contributed by atoms with van der Waals surface area (Å²) in [6.45, 7) is 0. The Bertz CT molecular complexity index is 838. The molecule has 0 spiro atoms. The lowest BCUT2D eigenvalue weighted by atomic mass is 10.1. The van der Waals surface area contributed by atoms with Crippen LogP contribution in [0, 0.1) is 5.82 Å². The summed E-state index contributed by atoms with van der Waals surface area (Å²) in [5.74, 6) is -1.71. The van der Waals surface area contributed by atoms with E-state index in [-0.39, 0.29) is 23.6 Å². The van der Waals surface area contributed by atoms with Crippen LogP contribution in [0.25, 0.3) is 0 Å². The molecule has 2 aliphatic heterocycles. The lowest BCUT2D eigenvalue weighted by molar-refractivity contribution is -0.119. The molecule has 2 heterocycles. The van der Waals surface area contributed by atoms with Crippen LogP contribution in [-0.2, 0) is 19.4 Å². The molecule has 2 amide bonds. The van der Waals surface area contributed by atoms with Gasteiger partial charge in [0.25, 0.3) is 5.91 Å². The van der Waals surface area contributed by atoms with Crippen molar-refractivity contribution in [3.05, 3.63) is 30.1 Å². The molecule has 8 nitrogen and oxygen atoms in total. The third kappa shape index (κ3) is 3.78. The number of rotatable bonds is 4. The van der Waals surface area contributed by atoms with Crippen LogP contribution in [0.15, 0.2) is 29.4 Å². The van der Waals surface area contributed by atoms with Crippen LogP contribution in [0.2, 0.25) is 0 Å². The molecule has 1 fully saturated rings. The van der Waals surface area contributed by atoms with Crippen molar-refractivity contribution >= 4 is 33.1 Å². The lowest BCUT2D eigenvalue weighted by Crippen LogP contribution is -2.41. The van der Waals surface area contributed by atoms with Crippen molar-refractivity contribution in [2.24, 2.45) is 10.8 Å². The minimum absolute atomic E-state index is 0.00197. The minimum Gasteiger partial charge on any atom is -0.368 e. The van der Waals surface area contributed by atoms with Crippen molar-refractivity contribution < 1.29 is 22.4 Å². The number of hydrogen-bond donors (Lipinski definition) is 2. The molecule has 1 saturated heterocycles. The normalized spacial score (nSPS) is 24.8. The van der Waals surface area contributed by atoms with Gasteiger partial charge in [-0.15, -0.1) is 0 Å². The number of nitrogens with two attached hydrogens (primary N) is 1. The van der Waals surface area contributed by atoms with Gasteiger partial charge in [-0.1, -0.05) is 0 Å². The Hall–Kier alpha value is -2.49. The van der Waals surface area contributed by atoms with Gasteiger partial charge in [-0.3, -0.25) is 14.6 Å². The minimum atomic E-state index is -3.12. The van der Waals surface area contributed by atoms with Gasteiger partial charge < -0.3 is 11.1 Å². The van der Waals surface area contributed by atoms with Gasteiger partial charge in [-0.25, -0.2) is 12.8 Å². The summed E-state index contributed by atoms with van der Waals surface area (Å²) in [4.78, 5) is 24.0. The molecule has 1 aromatic carbocycles. The first kappa shape index (κ1) is 17.3. The van der Waals surface area contributed by atoms with E-state index < -0.39 is 39.6 Å². The molecule has 2 aliphatic rings. The Morgan fingerprint density at radius 3 is 2.52 bits per heavy atom. The van der Waals surface area contributed by atoms with E-state index in [1.807, 2.05) is 0 Å². The van der Waals surface area contributed by atoms with Gasteiger partial charge in [0, 0.05) is 12.5 Å². The molecule has 0 saturated carbocycles. The number of carbonyl (C=O) groups is 2. The highest BCUT2D eigenvalue weighted by Crippen LogP contribution is 2.25. The van der Waals surface area contributed by atoms with Crippen molar-refractivity contribution in [1.29, 1.82) is 0 Å². The molecule has 2 atom stereocenters. The van der Waals surface area contributed by atoms with Crippen LogP contribution < -0.4 is 16.1 Å². The first-order chi connectivity index (χ1) is 11.7. The first-order valence-electron chi connectivity index (χ1n) is 7.68. The number of anilines is 1. The van der Waals surface area contributed by atoms with Gasteiger partial charge in [0.2, 0.25) is 5.91 Å². The fourth-order valence-corrected chi connectivity index (χ4v) is 4.55. The zero-order valence-electron chi connectivity index (χ0n) is 13.2. The molecule has 3 rings (SSSR count). The molecular formula is C15H17FN4O4S. The smallest absolute Gasteiger partial charge is 0.267 e. The fourth-order valence-electron chi connectivity index (χ4n) is 2.88. The van der Waals surface area contributed by atoms with Crippen molar-refractivity contribution in [2.45, 2.75) is 24.9 Å². The number of nitrogens with one attached hydrogen (secondary N) is 1. The Morgan fingerprint density at radius 1 is 1.28 bits per heavy atom.